The van der Waals surface area contributed by atoms with Crippen molar-refractivity contribution in [3.63, 3.8) is 0 Å². The fraction of sp³-hybridized carbons (Fsp3) is 0.286. The molecule has 1 aliphatic heterocycles. The molecule has 0 unspecified atom stereocenters. The molecule has 2 aromatic rings. The van der Waals surface area contributed by atoms with E-state index in [1.165, 1.54) is 29.1 Å². The summed E-state index contributed by atoms with van der Waals surface area (Å²) in [6, 6.07) is 16.8. The van der Waals surface area contributed by atoms with Gasteiger partial charge in [0.2, 0.25) is 0 Å². The van der Waals surface area contributed by atoms with E-state index in [-0.39, 0.29) is 11.2 Å². The molecule has 0 bridgehead atoms. The summed E-state index contributed by atoms with van der Waals surface area (Å²) in [4.78, 5) is 17.1. The van der Waals surface area contributed by atoms with Crippen LogP contribution in [-0.4, -0.2) is 26.4 Å². The Morgan fingerprint density at radius 2 is 1.83 bits per heavy atom. The number of ketones is 1. The van der Waals surface area contributed by atoms with Crippen LogP contribution < -0.4 is 9.80 Å². The molecule has 1 heterocycles. The normalized spacial score (nSPS) is 26.4. The molecule has 2 fully saturated rings. The predicted octanol–water partition coefficient (Wildman–Crippen LogP) is 3.61. The number of piperidine rings is 1. The number of nitrogens with zero attached hydrogens (tertiary/aromatic N) is 2. The topological polar surface area (TPSA) is 23.6 Å². The minimum Gasteiger partial charge on any atom is -0.378 e. The zero-order chi connectivity index (χ0) is 16.5. The predicted molar refractivity (Wildman–Crippen MR) is 96.8 cm³/mol. The van der Waals surface area contributed by atoms with Crippen LogP contribution in [-0.2, 0) is 5.41 Å². The first-order valence-electron chi connectivity index (χ1n) is 8.52. The van der Waals surface area contributed by atoms with Gasteiger partial charge in [-0.3, -0.25) is 4.79 Å². The maximum Gasteiger partial charge on any atom is 0.187 e. The third-order valence-corrected chi connectivity index (χ3v) is 5.87. The highest BCUT2D eigenvalue weighted by molar-refractivity contribution is 6.09. The first-order valence-corrected chi connectivity index (χ1v) is 8.52. The molecule has 120 valence electrons. The third-order valence-electron chi connectivity index (χ3n) is 5.87. The summed E-state index contributed by atoms with van der Waals surface area (Å²) in [5.41, 5.74) is 5.81. The number of carbonyl (C=O) groups is 1. The SMILES string of the molecule is CN(C)c1ccc(N2C[C@H]3C[C@@]34C2=CC(=O)c2ccccc24)cc1. The van der Waals surface area contributed by atoms with Gasteiger partial charge in [0.25, 0.3) is 0 Å². The summed E-state index contributed by atoms with van der Waals surface area (Å²) in [5.74, 6) is 0.778. The summed E-state index contributed by atoms with van der Waals surface area (Å²) in [6.07, 6.45) is 3.06. The van der Waals surface area contributed by atoms with Crippen molar-refractivity contribution in [1.29, 1.82) is 0 Å². The Balaban J connectivity index is 1.58. The van der Waals surface area contributed by atoms with E-state index in [4.69, 9.17) is 0 Å². The lowest BCUT2D eigenvalue weighted by Gasteiger charge is -2.31. The Bertz CT molecular complexity index is 881. The number of carbonyl (C=O) groups excluding carboxylic acids is 1. The molecule has 2 aromatic carbocycles. The summed E-state index contributed by atoms with van der Waals surface area (Å²) in [6.45, 7) is 1.01. The lowest BCUT2D eigenvalue weighted by atomic mass is 9.81. The van der Waals surface area contributed by atoms with E-state index in [0.717, 1.165) is 12.1 Å². The van der Waals surface area contributed by atoms with Crippen LogP contribution in [0.3, 0.4) is 0 Å². The van der Waals surface area contributed by atoms with Crippen LogP contribution >= 0.6 is 0 Å². The molecule has 2 aliphatic carbocycles. The second-order valence-electron chi connectivity index (χ2n) is 7.33. The number of hydrogen-bond donors (Lipinski definition) is 0. The minimum atomic E-state index is 0.0880. The van der Waals surface area contributed by atoms with E-state index < -0.39 is 0 Å². The second kappa shape index (κ2) is 4.50. The number of rotatable bonds is 2. The van der Waals surface area contributed by atoms with Gasteiger partial charge in [0.05, 0.1) is 0 Å². The molecule has 5 rings (SSSR count). The fourth-order valence-corrected chi connectivity index (χ4v) is 4.56. The van der Waals surface area contributed by atoms with Crippen molar-refractivity contribution in [1.82, 2.24) is 0 Å². The smallest absolute Gasteiger partial charge is 0.187 e. The molecule has 0 aromatic heterocycles. The number of allylic oxidation sites excluding steroid dienone is 2. The zero-order valence-electron chi connectivity index (χ0n) is 14.0. The standard InChI is InChI=1S/C21H20N2O/c1-22(2)15-7-9-16(10-8-15)23-13-14-12-21(14)18-6-4-3-5-17(18)19(24)11-20(21)23/h3-11,14H,12-13H2,1-2H3/t14-,21-/m1/s1. The lowest BCUT2D eigenvalue weighted by Crippen LogP contribution is -2.28. The van der Waals surface area contributed by atoms with E-state index in [0.29, 0.717) is 5.92 Å². The van der Waals surface area contributed by atoms with E-state index in [1.54, 1.807) is 0 Å². The quantitative estimate of drug-likeness (QED) is 0.845. The van der Waals surface area contributed by atoms with Crippen molar-refractivity contribution >= 4 is 17.2 Å². The van der Waals surface area contributed by atoms with Gasteiger partial charge < -0.3 is 9.80 Å². The maximum atomic E-state index is 12.6. The van der Waals surface area contributed by atoms with Gasteiger partial charge >= 0.3 is 0 Å². The van der Waals surface area contributed by atoms with Gasteiger partial charge in [-0.2, -0.15) is 0 Å². The maximum absolute atomic E-state index is 12.6. The minimum absolute atomic E-state index is 0.0880. The van der Waals surface area contributed by atoms with Gasteiger partial charge in [0.1, 0.15) is 0 Å². The second-order valence-corrected chi connectivity index (χ2v) is 7.33. The number of benzene rings is 2. The van der Waals surface area contributed by atoms with Gasteiger partial charge in [0, 0.05) is 54.8 Å². The summed E-state index contributed by atoms with van der Waals surface area (Å²) >= 11 is 0. The van der Waals surface area contributed by atoms with Crippen LogP contribution in [0.1, 0.15) is 22.3 Å². The number of hydrogen-bond acceptors (Lipinski definition) is 3. The highest BCUT2D eigenvalue weighted by Gasteiger charge is 2.66. The average Bonchev–Trinajstić information content (AvgIpc) is 3.23. The van der Waals surface area contributed by atoms with Crippen LogP contribution in [0.5, 0.6) is 0 Å². The number of anilines is 2. The molecule has 0 amide bonds. The molecular formula is C21H20N2O. The molecule has 3 nitrogen and oxygen atoms in total. The first kappa shape index (κ1) is 13.8. The van der Waals surface area contributed by atoms with Gasteiger partial charge in [0.15, 0.2) is 5.78 Å². The Hall–Kier alpha value is -2.55. The summed E-state index contributed by atoms with van der Waals surface area (Å²) in [7, 11) is 4.10. The average molecular weight is 316 g/mol. The molecule has 24 heavy (non-hydrogen) atoms. The first-order chi connectivity index (χ1) is 11.6. The number of fused-ring (bicyclic) bond motifs is 1. The van der Waals surface area contributed by atoms with Crippen molar-refractivity contribution in [2.24, 2.45) is 5.92 Å². The van der Waals surface area contributed by atoms with Gasteiger partial charge in [-0.15, -0.1) is 0 Å². The Kier molecular flexibility index (Phi) is 2.60. The van der Waals surface area contributed by atoms with Crippen molar-refractivity contribution in [3.05, 3.63) is 71.4 Å². The van der Waals surface area contributed by atoms with Crippen LogP contribution in [0.2, 0.25) is 0 Å². The van der Waals surface area contributed by atoms with Crippen LogP contribution in [0, 0.1) is 5.92 Å². The van der Waals surface area contributed by atoms with Crippen LogP contribution in [0.4, 0.5) is 11.4 Å². The zero-order valence-corrected chi connectivity index (χ0v) is 14.0. The van der Waals surface area contributed by atoms with Crippen molar-refractivity contribution < 1.29 is 4.79 Å². The fourth-order valence-electron chi connectivity index (χ4n) is 4.56. The van der Waals surface area contributed by atoms with Crippen molar-refractivity contribution in [3.8, 4) is 0 Å². The largest absolute Gasteiger partial charge is 0.378 e. The Morgan fingerprint density at radius 1 is 1.08 bits per heavy atom. The summed E-state index contributed by atoms with van der Waals surface area (Å²) < 4.78 is 0. The molecule has 0 N–H and O–H groups in total. The van der Waals surface area contributed by atoms with Crippen molar-refractivity contribution in [2.45, 2.75) is 11.8 Å². The molecule has 2 atom stereocenters. The molecule has 1 saturated heterocycles. The highest BCUT2D eigenvalue weighted by Crippen LogP contribution is 2.67. The molecule has 3 heteroatoms. The molecule has 3 aliphatic rings. The van der Waals surface area contributed by atoms with E-state index in [1.807, 2.05) is 32.3 Å². The third kappa shape index (κ3) is 1.64. The van der Waals surface area contributed by atoms with Gasteiger partial charge in [-0.05, 0) is 42.2 Å². The highest BCUT2D eigenvalue weighted by atomic mass is 16.1. The van der Waals surface area contributed by atoms with Crippen LogP contribution in [0.25, 0.3) is 0 Å². The van der Waals surface area contributed by atoms with E-state index >= 15 is 0 Å². The van der Waals surface area contributed by atoms with Gasteiger partial charge in [-0.25, -0.2) is 0 Å². The van der Waals surface area contributed by atoms with Crippen LogP contribution in [0.15, 0.2) is 60.3 Å². The Morgan fingerprint density at radius 3 is 2.58 bits per heavy atom. The lowest BCUT2D eigenvalue weighted by molar-refractivity contribution is 0.104. The molecular weight excluding hydrogens is 296 g/mol. The molecule has 1 saturated carbocycles. The molecule has 0 radical (unpaired) electrons. The van der Waals surface area contributed by atoms with E-state index in [2.05, 4.69) is 46.2 Å². The summed E-state index contributed by atoms with van der Waals surface area (Å²) in [5, 5.41) is 0. The van der Waals surface area contributed by atoms with Crippen molar-refractivity contribution in [2.75, 3.05) is 30.4 Å². The molecule has 1 spiro atoms. The van der Waals surface area contributed by atoms with Gasteiger partial charge in [-0.1, -0.05) is 24.3 Å². The van der Waals surface area contributed by atoms with E-state index in [9.17, 15) is 4.79 Å². The monoisotopic (exact) mass is 316 g/mol. The Labute approximate surface area is 142 Å².